The zero-order chi connectivity index (χ0) is 5.28. The minimum absolute atomic E-state index is 0. The summed E-state index contributed by atoms with van der Waals surface area (Å²) in [5.41, 5.74) is 0. The Bertz CT molecular complexity index is 222. The standard InChI is InChI=1S/C2H2N2S3.2K/c5-1-3-4-2(6)7-1;;/h(H,3,5)(H,4,6);;/q;2*+1. The van der Waals surface area contributed by atoms with Gasteiger partial charge in [-0.1, -0.05) is 11.3 Å². The Morgan fingerprint density at radius 1 is 1.00 bits per heavy atom. The Kier molecular flexibility index (Phi) is 13.0. The van der Waals surface area contributed by atoms with Gasteiger partial charge in [0, 0.05) is 0 Å². The maximum atomic E-state index is 4.70. The van der Waals surface area contributed by atoms with E-state index in [4.69, 9.17) is 24.4 Å². The molecule has 0 aromatic carbocycles. The number of aromatic amines is 2. The Hall–Kier alpha value is 3.27. The molecule has 0 aliphatic carbocycles. The molecule has 0 saturated heterocycles. The average Bonchev–Trinajstić information content (AvgIpc) is 1.87. The summed E-state index contributed by atoms with van der Waals surface area (Å²) in [5.74, 6) is 0. The fraction of sp³-hybridized carbons (Fsp3) is 0. The summed E-state index contributed by atoms with van der Waals surface area (Å²) in [4.78, 5) is 0. The molecule has 0 aliphatic rings. The van der Waals surface area contributed by atoms with Gasteiger partial charge in [0.2, 0.25) is 0 Å². The van der Waals surface area contributed by atoms with E-state index in [0.29, 0.717) is 7.91 Å². The number of H-pyrrole nitrogens is 2. The van der Waals surface area contributed by atoms with E-state index >= 15 is 0 Å². The molecule has 0 aliphatic heterocycles. The molecule has 0 bridgehead atoms. The number of rotatable bonds is 0. The minimum atomic E-state index is 0. The second kappa shape index (κ2) is 7.90. The Morgan fingerprint density at radius 2 is 1.33 bits per heavy atom. The normalized spacial score (nSPS) is 7.11. The van der Waals surface area contributed by atoms with Crippen molar-refractivity contribution >= 4 is 35.8 Å². The zero-order valence-electron chi connectivity index (χ0n) is 5.22. The van der Waals surface area contributed by atoms with E-state index in [1.165, 1.54) is 11.3 Å². The van der Waals surface area contributed by atoms with Crippen molar-refractivity contribution in [3.05, 3.63) is 7.91 Å². The number of hydrogen-bond acceptors (Lipinski definition) is 3. The molecule has 0 radical (unpaired) electrons. The van der Waals surface area contributed by atoms with Crippen molar-refractivity contribution in [3.8, 4) is 0 Å². The van der Waals surface area contributed by atoms with Crippen LogP contribution in [-0.4, -0.2) is 10.2 Å². The van der Waals surface area contributed by atoms with Gasteiger partial charge < -0.3 is 0 Å². The molecule has 0 atom stereocenters. The van der Waals surface area contributed by atoms with Gasteiger partial charge in [-0.3, -0.25) is 10.2 Å². The summed E-state index contributed by atoms with van der Waals surface area (Å²) >= 11 is 10.8. The van der Waals surface area contributed by atoms with E-state index < -0.39 is 0 Å². The van der Waals surface area contributed by atoms with Gasteiger partial charge >= 0.3 is 103 Å². The predicted octanol–water partition coefficient (Wildman–Crippen LogP) is -4.13. The SMILES string of the molecule is S=c1[nH][nH]c(=S)s1.[K+].[K+]. The van der Waals surface area contributed by atoms with Crippen LogP contribution in [0, 0.1) is 7.91 Å². The summed E-state index contributed by atoms with van der Waals surface area (Å²) in [6, 6.07) is 0. The van der Waals surface area contributed by atoms with Crippen LogP contribution in [0.5, 0.6) is 0 Å². The van der Waals surface area contributed by atoms with Gasteiger partial charge in [0.15, 0.2) is 7.91 Å². The fourth-order valence-electron chi connectivity index (χ4n) is 0.237. The van der Waals surface area contributed by atoms with E-state index in [2.05, 4.69) is 10.2 Å². The molecule has 1 rings (SSSR count). The molecule has 0 unspecified atom stereocenters. The van der Waals surface area contributed by atoms with Crippen LogP contribution < -0.4 is 103 Å². The molecule has 7 heteroatoms. The molecule has 1 aromatic rings. The van der Waals surface area contributed by atoms with Gasteiger partial charge in [-0.15, -0.1) is 0 Å². The Labute approximate surface area is 152 Å². The summed E-state index contributed by atoms with van der Waals surface area (Å²) in [7, 11) is 0. The van der Waals surface area contributed by atoms with E-state index in [-0.39, 0.29) is 103 Å². The van der Waals surface area contributed by atoms with Crippen molar-refractivity contribution in [2.75, 3.05) is 0 Å². The molecule has 2 nitrogen and oxygen atoms in total. The molecule has 38 valence electrons. The molecule has 0 amide bonds. The van der Waals surface area contributed by atoms with Crippen molar-refractivity contribution in [3.63, 3.8) is 0 Å². The first-order chi connectivity index (χ1) is 3.29. The van der Waals surface area contributed by atoms with Gasteiger partial charge in [-0.2, -0.15) is 0 Å². The molecular weight excluding hydrogens is 226 g/mol. The van der Waals surface area contributed by atoms with Gasteiger partial charge in [0.05, 0.1) is 0 Å². The first kappa shape index (κ1) is 14.8. The first-order valence-corrected chi connectivity index (χ1v) is 3.20. The van der Waals surface area contributed by atoms with Crippen LogP contribution in [0.3, 0.4) is 0 Å². The van der Waals surface area contributed by atoms with Crippen LogP contribution in [0.2, 0.25) is 0 Å². The minimum Gasteiger partial charge on any atom is -0.281 e. The van der Waals surface area contributed by atoms with Crippen molar-refractivity contribution < 1.29 is 103 Å². The van der Waals surface area contributed by atoms with Gasteiger partial charge in [0.1, 0.15) is 0 Å². The maximum Gasteiger partial charge on any atom is 1.00 e. The summed E-state index contributed by atoms with van der Waals surface area (Å²) < 4.78 is 1.40. The van der Waals surface area contributed by atoms with Crippen LogP contribution in [0.25, 0.3) is 0 Å². The third-order valence-electron chi connectivity index (χ3n) is 0.452. The van der Waals surface area contributed by atoms with Crippen LogP contribution in [0.4, 0.5) is 0 Å². The van der Waals surface area contributed by atoms with Gasteiger partial charge in [-0.05, 0) is 24.4 Å². The van der Waals surface area contributed by atoms with Crippen molar-refractivity contribution in [1.82, 2.24) is 10.2 Å². The predicted molar refractivity (Wildman–Crippen MR) is 34.7 cm³/mol. The van der Waals surface area contributed by atoms with E-state index in [1.54, 1.807) is 0 Å². The molecule has 0 fully saturated rings. The second-order valence-electron chi connectivity index (χ2n) is 0.927. The third kappa shape index (κ3) is 6.44. The van der Waals surface area contributed by atoms with Crippen LogP contribution in [0.15, 0.2) is 0 Å². The van der Waals surface area contributed by atoms with Crippen LogP contribution in [-0.2, 0) is 0 Å². The largest absolute Gasteiger partial charge is 1.00 e. The van der Waals surface area contributed by atoms with Gasteiger partial charge in [0.25, 0.3) is 0 Å². The smallest absolute Gasteiger partial charge is 0.281 e. The molecule has 9 heavy (non-hydrogen) atoms. The second-order valence-corrected chi connectivity index (χ2v) is 3.28. The molecule has 1 heterocycles. The quantitative estimate of drug-likeness (QED) is 0.349. The number of nitrogens with one attached hydrogen (secondary N) is 2. The molecule has 0 saturated carbocycles. The van der Waals surface area contributed by atoms with Crippen LogP contribution in [0.1, 0.15) is 0 Å². The summed E-state index contributed by atoms with van der Waals surface area (Å²) in [6.07, 6.45) is 0. The summed E-state index contributed by atoms with van der Waals surface area (Å²) in [5, 5.41) is 5.34. The van der Waals surface area contributed by atoms with E-state index in [1.807, 2.05) is 0 Å². The van der Waals surface area contributed by atoms with Crippen molar-refractivity contribution in [1.29, 1.82) is 0 Å². The Balaban J connectivity index is 0. The van der Waals surface area contributed by atoms with Crippen molar-refractivity contribution in [2.24, 2.45) is 0 Å². The summed E-state index contributed by atoms with van der Waals surface area (Å²) in [6.45, 7) is 0. The van der Waals surface area contributed by atoms with Gasteiger partial charge in [-0.25, -0.2) is 0 Å². The first-order valence-electron chi connectivity index (χ1n) is 1.57. The molecule has 2 N–H and O–H groups in total. The molecule has 0 spiro atoms. The third-order valence-corrected chi connectivity index (χ3v) is 1.73. The molecule has 1 aromatic heterocycles. The Morgan fingerprint density at radius 3 is 1.44 bits per heavy atom. The maximum absolute atomic E-state index is 4.70. The average molecular weight is 228 g/mol. The number of aromatic nitrogens is 2. The zero-order valence-corrected chi connectivity index (χ0v) is 13.9. The van der Waals surface area contributed by atoms with Crippen molar-refractivity contribution in [2.45, 2.75) is 0 Å². The van der Waals surface area contributed by atoms with E-state index in [9.17, 15) is 0 Å². The molecular formula is C2H2K2N2S3+2. The fourth-order valence-corrected chi connectivity index (χ4v) is 1.37. The monoisotopic (exact) mass is 228 g/mol. The van der Waals surface area contributed by atoms with Crippen LogP contribution >= 0.6 is 35.8 Å². The topological polar surface area (TPSA) is 31.6 Å². The van der Waals surface area contributed by atoms with E-state index in [0.717, 1.165) is 0 Å². The number of hydrogen-bond donors (Lipinski definition) is 2.